The number of benzene rings is 2. The quantitative estimate of drug-likeness (QED) is 0.316. The van der Waals surface area contributed by atoms with Gasteiger partial charge < -0.3 is 10.1 Å². The van der Waals surface area contributed by atoms with Crippen LogP contribution < -0.4 is 14.8 Å². The molecule has 2 N–H and O–H groups in total. The van der Waals surface area contributed by atoms with Crippen molar-refractivity contribution in [1.82, 2.24) is 4.72 Å². The summed E-state index contributed by atoms with van der Waals surface area (Å²) in [5, 5.41) is 2.76. The van der Waals surface area contributed by atoms with Gasteiger partial charge in [0.1, 0.15) is 5.75 Å². The lowest BCUT2D eigenvalue weighted by Crippen LogP contribution is -2.23. The van der Waals surface area contributed by atoms with Gasteiger partial charge in [-0.15, -0.1) is 6.58 Å². The van der Waals surface area contributed by atoms with E-state index in [-0.39, 0.29) is 17.3 Å². The van der Waals surface area contributed by atoms with E-state index in [9.17, 15) is 13.2 Å². The highest BCUT2D eigenvalue weighted by atomic mass is 79.9. The molecule has 162 valence electrons. The van der Waals surface area contributed by atoms with Crippen LogP contribution in [0.15, 0.2) is 64.5 Å². The Kier molecular flexibility index (Phi) is 9.55. The lowest BCUT2D eigenvalue weighted by Gasteiger charge is -2.11. The fourth-order valence-electron chi connectivity index (χ4n) is 2.64. The van der Waals surface area contributed by atoms with E-state index >= 15 is 0 Å². The van der Waals surface area contributed by atoms with Crippen LogP contribution in [0.3, 0.4) is 0 Å². The molecule has 0 aliphatic carbocycles. The van der Waals surface area contributed by atoms with E-state index in [0.29, 0.717) is 28.1 Å². The molecule has 0 aromatic heterocycles. The molecule has 1 amide bonds. The number of hydrogen-bond donors (Lipinski definition) is 2. The Bertz CT molecular complexity index is 960. The predicted octanol–water partition coefficient (Wildman–Crippen LogP) is 5.12. The van der Waals surface area contributed by atoms with Crippen molar-refractivity contribution in [1.29, 1.82) is 0 Å². The van der Waals surface area contributed by atoms with Gasteiger partial charge >= 0.3 is 0 Å². The van der Waals surface area contributed by atoms with Gasteiger partial charge in [0.15, 0.2) is 0 Å². The van der Waals surface area contributed by atoms with Crippen molar-refractivity contribution in [2.24, 2.45) is 0 Å². The van der Waals surface area contributed by atoms with Crippen molar-refractivity contribution in [2.45, 2.75) is 37.5 Å². The molecule has 0 bridgehead atoms. The number of rotatable bonds is 12. The fourth-order valence-corrected chi connectivity index (χ4v) is 4.13. The minimum Gasteiger partial charge on any atom is -0.492 e. The zero-order chi connectivity index (χ0) is 22.0. The normalized spacial score (nSPS) is 11.1. The molecule has 0 aliphatic rings. The Labute approximate surface area is 186 Å². The molecule has 2 aromatic rings. The summed E-state index contributed by atoms with van der Waals surface area (Å²) in [5.74, 6) is 0.398. The van der Waals surface area contributed by atoms with Gasteiger partial charge in [0.2, 0.25) is 10.0 Å². The van der Waals surface area contributed by atoms with Crippen LogP contribution in [0.5, 0.6) is 5.75 Å². The van der Waals surface area contributed by atoms with E-state index < -0.39 is 10.0 Å². The summed E-state index contributed by atoms with van der Waals surface area (Å²) in [7, 11) is -3.60. The minimum atomic E-state index is -3.60. The summed E-state index contributed by atoms with van der Waals surface area (Å²) < 4.78 is 33.0. The van der Waals surface area contributed by atoms with Gasteiger partial charge in [-0.3, -0.25) is 4.79 Å². The molecular formula is C22H27BrN2O4S. The maximum Gasteiger partial charge on any atom is 0.255 e. The second-order valence-electron chi connectivity index (χ2n) is 6.67. The zero-order valence-corrected chi connectivity index (χ0v) is 19.4. The lowest BCUT2D eigenvalue weighted by atomic mass is 10.2. The first kappa shape index (κ1) is 24.1. The summed E-state index contributed by atoms with van der Waals surface area (Å²) in [6.45, 7) is 6.44. The van der Waals surface area contributed by atoms with Gasteiger partial charge in [-0.1, -0.05) is 32.3 Å². The van der Waals surface area contributed by atoms with Crippen molar-refractivity contribution >= 4 is 37.5 Å². The second-order valence-corrected chi connectivity index (χ2v) is 9.29. The number of carbonyl (C=O) groups excluding carboxylic acids is 1. The molecule has 0 heterocycles. The van der Waals surface area contributed by atoms with Gasteiger partial charge in [0.05, 0.1) is 16.0 Å². The molecular weight excluding hydrogens is 468 g/mol. The molecule has 6 nitrogen and oxygen atoms in total. The summed E-state index contributed by atoms with van der Waals surface area (Å²) >= 11 is 3.45. The van der Waals surface area contributed by atoms with E-state index in [1.165, 1.54) is 31.1 Å². The number of unbranched alkanes of at least 4 members (excludes halogenated alkanes) is 3. The van der Waals surface area contributed by atoms with Crippen LogP contribution in [-0.2, 0) is 10.0 Å². The van der Waals surface area contributed by atoms with Crippen molar-refractivity contribution in [2.75, 3.05) is 18.5 Å². The number of halogens is 1. The van der Waals surface area contributed by atoms with E-state index in [2.05, 4.69) is 39.5 Å². The smallest absolute Gasteiger partial charge is 0.255 e. The molecule has 0 saturated heterocycles. The predicted molar refractivity (Wildman–Crippen MR) is 124 cm³/mol. The SMILES string of the molecule is C=CCNS(=O)(=O)c1ccc(NC(=O)c2ccc(OCCCCCC)c(Br)c2)cc1. The van der Waals surface area contributed by atoms with E-state index in [0.717, 1.165) is 12.8 Å². The highest BCUT2D eigenvalue weighted by Crippen LogP contribution is 2.27. The molecule has 0 aliphatic heterocycles. The van der Waals surface area contributed by atoms with Gasteiger partial charge in [-0.25, -0.2) is 13.1 Å². The van der Waals surface area contributed by atoms with Gasteiger partial charge in [0.25, 0.3) is 5.91 Å². The van der Waals surface area contributed by atoms with Gasteiger partial charge in [-0.05, 0) is 64.8 Å². The number of anilines is 1. The molecule has 0 saturated carbocycles. The molecule has 0 unspecified atom stereocenters. The highest BCUT2D eigenvalue weighted by Gasteiger charge is 2.14. The standard InChI is InChI=1S/C22H27BrN2O4S/c1-3-5-6-7-15-29-21-13-8-17(16-20(21)23)22(26)25-18-9-11-19(12-10-18)30(27,28)24-14-4-2/h4,8-13,16,24H,2-3,5-7,14-15H2,1H3,(H,25,26). The largest absolute Gasteiger partial charge is 0.492 e. The van der Waals surface area contributed by atoms with E-state index in [1.807, 2.05) is 0 Å². The molecule has 0 fully saturated rings. The zero-order valence-electron chi connectivity index (χ0n) is 17.0. The van der Waals surface area contributed by atoms with Crippen LogP contribution in [-0.4, -0.2) is 27.5 Å². The van der Waals surface area contributed by atoms with Crippen LogP contribution in [0, 0.1) is 0 Å². The molecule has 2 rings (SSSR count). The van der Waals surface area contributed by atoms with Crippen LogP contribution >= 0.6 is 15.9 Å². The van der Waals surface area contributed by atoms with Crippen molar-refractivity contribution in [3.8, 4) is 5.75 Å². The van der Waals surface area contributed by atoms with Crippen molar-refractivity contribution in [3.63, 3.8) is 0 Å². The average Bonchev–Trinajstić information content (AvgIpc) is 2.73. The molecule has 0 radical (unpaired) electrons. The number of nitrogens with one attached hydrogen (secondary N) is 2. The lowest BCUT2D eigenvalue weighted by molar-refractivity contribution is 0.102. The van der Waals surface area contributed by atoms with E-state index in [4.69, 9.17) is 4.74 Å². The van der Waals surface area contributed by atoms with Crippen LogP contribution in [0.2, 0.25) is 0 Å². The monoisotopic (exact) mass is 494 g/mol. The average molecular weight is 495 g/mol. The maximum atomic E-state index is 12.5. The maximum absolute atomic E-state index is 12.5. The first-order chi connectivity index (χ1) is 14.4. The molecule has 0 atom stereocenters. The number of ether oxygens (including phenoxy) is 1. The first-order valence-corrected chi connectivity index (χ1v) is 12.1. The Balaban J connectivity index is 1.97. The van der Waals surface area contributed by atoms with Crippen LogP contribution in [0.25, 0.3) is 0 Å². The fraction of sp³-hybridized carbons (Fsp3) is 0.318. The van der Waals surface area contributed by atoms with Gasteiger partial charge in [0, 0.05) is 17.8 Å². The van der Waals surface area contributed by atoms with E-state index in [1.54, 1.807) is 30.3 Å². The first-order valence-electron chi connectivity index (χ1n) is 9.81. The summed E-state index contributed by atoms with van der Waals surface area (Å²) in [4.78, 5) is 12.6. The Hall–Kier alpha value is -2.16. The molecule has 8 heteroatoms. The van der Waals surface area contributed by atoms with Crippen LogP contribution in [0.1, 0.15) is 43.0 Å². The third-order valence-electron chi connectivity index (χ3n) is 4.29. The summed E-state index contributed by atoms with van der Waals surface area (Å²) in [6.07, 6.45) is 5.98. The number of hydrogen-bond acceptors (Lipinski definition) is 4. The number of amides is 1. The topological polar surface area (TPSA) is 84.5 Å². The Morgan fingerprint density at radius 1 is 1.13 bits per heavy atom. The molecule has 0 spiro atoms. The van der Waals surface area contributed by atoms with Crippen molar-refractivity contribution in [3.05, 3.63) is 65.2 Å². The highest BCUT2D eigenvalue weighted by molar-refractivity contribution is 9.10. The molecule has 2 aromatic carbocycles. The Morgan fingerprint density at radius 3 is 2.50 bits per heavy atom. The summed E-state index contributed by atoms with van der Waals surface area (Å²) in [5.41, 5.74) is 0.958. The number of carbonyl (C=O) groups is 1. The molecule has 30 heavy (non-hydrogen) atoms. The summed E-state index contributed by atoms with van der Waals surface area (Å²) in [6, 6.07) is 11.1. The Morgan fingerprint density at radius 2 is 1.87 bits per heavy atom. The number of sulfonamides is 1. The minimum absolute atomic E-state index is 0.116. The van der Waals surface area contributed by atoms with Crippen molar-refractivity contribution < 1.29 is 17.9 Å². The second kappa shape index (κ2) is 11.9. The van der Waals surface area contributed by atoms with Crippen LogP contribution in [0.4, 0.5) is 5.69 Å². The third-order valence-corrected chi connectivity index (χ3v) is 6.35. The van der Waals surface area contributed by atoms with Gasteiger partial charge in [-0.2, -0.15) is 0 Å². The third kappa shape index (κ3) is 7.27.